The van der Waals surface area contributed by atoms with Crippen molar-refractivity contribution in [2.24, 2.45) is 11.8 Å². The van der Waals surface area contributed by atoms with Gasteiger partial charge in [-0.3, -0.25) is 0 Å². The molecule has 0 amide bonds. The standard InChI is InChI=1S/C32H44O4/c1-3-5-7-10-26-12-14-27(15-13-26)11-9-25-35-30-20-22-31(23-21-30)36-32(33)28-16-18-29(19-17-28)34-24-8-6-4-2/h4,16-23,26-27H,2-3,5-15,24-25H2,1H3/t26-,27-. The Hall–Kier alpha value is -2.75. The van der Waals surface area contributed by atoms with Crippen LogP contribution in [-0.4, -0.2) is 19.2 Å². The fraction of sp³-hybridized carbons (Fsp3) is 0.531. The Kier molecular flexibility index (Phi) is 12.4. The van der Waals surface area contributed by atoms with Crippen LogP contribution in [0.1, 0.15) is 94.3 Å². The van der Waals surface area contributed by atoms with Gasteiger partial charge in [-0.15, -0.1) is 6.58 Å². The van der Waals surface area contributed by atoms with Crippen LogP contribution in [0.3, 0.4) is 0 Å². The molecule has 0 atom stereocenters. The van der Waals surface area contributed by atoms with Gasteiger partial charge in [0.05, 0.1) is 18.8 Å². The van der Waals surface area contributed by atoms with Gasteiger partial charge in [0.25, 0.3) is 0 Å². The summed E-state index contributed by atoms with van der Waals surface area (Å²) in [5.74, 6) is 3.52. The molecule has 3 rings (SSSR count). The third-order valence-electron chi connectivity index (χ3n) is 7.15. The first kappa shape index (κ1) is 27.8. The van der Waals surface area contributed by atoms with Crippen LogP contribution in [0, 0.1) is 11.8 Å². The van der Waals surface area contributed by atoms with Gasteiger partial charge >= 0.3 is 5.97 Å². The van der Waals surface area contributed by atoms with Crippen molar-refractivity contribution in [1.29, 1.82) is 0 Å². The maximum atomic E-state index is 12.5. The molecule has 0 aliphatic heterocycles. The molecule has 1 aliphatic carbocycles. The second-order valence-electron chi connectivity index (χ2n) is 10.0. The van der Waals surface area contributed by atoms with Crippen LogP contribution in [0.2, 0.25) is 0 Å². The fourth-order valence-corrected chi connectivity index (χ4v) is 4.93. The van der Waals surface area contributed by atoms with Crippen molar-refractivity contribution in [2.75, 3.05) is 13.2 Å². The third-order valence-corrected chi connectivity index (χ3v) is 7.15. The Balaban J connectivity index is 1.31. The van der Waals surface area contributed by atoms with E-state index in [1.54, 1.807) is 36.4 Å². The average molecular weight is 493 g/mol. The molecule has 36 heavy (non-hydrogen) atoms. The molecule has 0 radical (unpaired) electrons. The highest BCUT2D eigenvalue weighted by molar-refractivity contribution is 5.91. The van der Waals surface area contributed by atoms with Crippen molar-refractivity contribution in [3.63, 3.8) is 0 Å². The molecular formula is C32H44O4. The van der Waals surface area contributed by atoms with Crippen LogP contribution >= 0.6 is 0 Å². The molecule has 2 aromatic rings. The number of benzene rings is 2. The normalized spacial score (nSPS) is 17.4. The zero-order chi connectivity index (χ0) is 25.4. The Morgan fingerprint density at radius 1 is 0.778 bits per heavy atom. The van der Waals surface area contributed by atoms with E-state index in [9.17, 15) is 4.79 Å². The molecule has 0 heterocycles. The molecule has 1 saturated carbocycles. The number of ether oxygens (including phenoxy) is 3. The molecule has 0 spiro atoms. The number of rotatable bonds is 16. The van der Waals surface area contributed by atoms with Crippen molar-refractivity contribution < 1.29 is 19.0 Å². The topological polar surface area (TPSA) is 44.8 Å². The lowest BCUT2D eigenvalue weighted by Gasteiger charge is -2.28. The average Bonchev–Trinajstić information content (AvgIpc) is 2.91. The van der Waals surface area contributed by atoms with Crippen LogP contribution in [0.4, 0.5) is 0 Å². The lowest BCUT2D eigenvalue weighted by Crippen LogP contribution is -2.15. The van der Waals surface area contributed by atoms with Gasteiger partial charge in [-0.2, -0.15) is 0 Å². The van der Waals surface area contributed by atoms with E-state index in [2.05, 4.69) is 13.5 Å². The molecular weight excluding hydrogens is 448 g/mol. The maximum Gasteiger partial charge on any atom is 0.343 e. The summed E-state index contributed by atoms with van der Waals surface area (Å²) in [6.45, 7) is 7.35. The smallest absolute Gasteiger partial charge is 0.343 e. The lowest BCUT2D eigenvalue weighted by molar-refractivity contribution is 0.0734. The minimum atomic E-state index is -0.387. The van der Waals surface area contributed by atoms with E-state index in [1.807, 2.05) is 18.2 Å². The first-order valence-electron chi connectivity index (χ1n) is 14.0. The number of hydrogen-bond donors (Lipinski definition) is 0. The predicted octanol–water partition coefficient (Wildman–Crippen LogP) is 8.80. The van der Waals surface area contributed by atoms with E-state index in [1.165, 1.54) is 57.8 Å². The van der Waals surface area contributed by atoms with Crippen molar-refractivity contribution in [3.05, 3.63) is 66.7 Å². The van der Waals surface area contributed by atoms with Crippen molar-refractivity contribution in [3.8, 4) is 17.2 Å². The molecule has 4 heteroatoms. The molecule has 0 bridgehead atoms. The quantitative estimate of drug-likeness (QED) is 0.102. The third kappa shape index (κ3) is 10.1. The van der Waals surface area contributed by atoms with E-state index in [-0.39, 0.29) is 5.97 Å². The summed E-state index contributed by atoms with van der Waals surface area (Å²) >= 11 is 0. The van der Waals surface area contributed by atoms with E-state index in [0.717, 1.165) is 49.2 Å². The van der Waals surface area contributed by atoms with Crippen LogP contribution < -0.4 is 14.2 Å². The summed E-state index contributed by atoms with van der Waals surface area (Å²) in [4.78, 5) is 12.5. The van der Waals surface area contributed by atoms with Crippen molar-refractivity contribution >= 4 is 5.97 Å². The maximum absolute atomic E-state index is 12.5. The van der Waals surface area contributed by atoms with E-state index in [0.29, 0.717) is 17.9 Å². The van der Waals surface area contributed by atoms with Crippen LogP contribution in [0.5, 0.6) is 17.2 Å². The van der Waals surface area contributed by atoms with Gasteiger partial charge in [0.2, 0.25) is 0 Å². The predicted molar refractivity (Wildman–Crippen MR) is 147 cm³/mol. The van der Waals surface area contributed by atoms with Gasteiger partial charge in [-0.05, 0) is 86.1 Å². The van der Waals surface area contributed by atoms with E-state index in [4.69, 9.17) is 14.2 Å². The Labute approximate surface area is 218 Å². The van der Waals surface area contributed by atoms with Crippen molar-refractivity contribution in [2.45, 2.75) is 84.0 Å². The minimum absolute atomic E-state index is 0.387. The highest BCUT2D eigenvalue weighted by atomic mass is 16.5. The molecule has 0 N–H and O–H groups in total. The van der Waals surface area contributed by atoms with Gasteiger partial charge in [-0.25, -0.2) is 4.79 Å². The molecule has 0 unspecified atom stereocenters. The van der Waals surface area contributed by atoms with E-state index < -0.39 is 0 Å². The number of hydrogen-bond acceptors (Lipinski definition) is 4. The zero-order valence-corrected chi connectivity index (χ0v) is 22.1. The van der Waals surface area contributed by atoms with E-state index >= 15 is 0 Å². The molecule has 1 aliphatic rings. The number of allylic oxidation sites excluding steroid dienone is 1. The molecule has 0 aromatic heterocycles. The fourth-order valence-electron chi connectivity index (χ4n) is 4.93. The van der Waals surface area contributed by atoms with Gasteiger partial charge in [-0.1, -0.05) is 64.4 Å². The summed E-state index contributed by atoms with van der Waals surface area (Å²) in [5.41, 5.74) is 0.490. The number of carbonyl (C=O) groups is 1. The number of unbranched alkanes of at least 4 members (excludes halogenated alkanes) is 3. The SMILES string of the molecule is C=CCCCOc1ccc(C(=O)Oc2ccc(OCCC[C@H]3CC[C@H](CCCCC)CC3)cc2)cc1. The largest absolute Gasteiger partial charge is 0.494 e. The summed E-state index contributed by atoms with van der Waals surface area (Å²) in [6.07, 6.45) is 17.3. The van der Waals surface area contributed by atoms with Gasteiger partial charge in [0.15, 0.2) is 0 Å². The lowest BCUT2D eigenvalue weighted by atomic mass is 9.78. The summed E-state index contributed by atoms with van der Waals surface area (Å²) < 4.78 is 17.1. The molecule has 2 aromatic carbocycles. The molecule has 1 fully saturated rings. The van der Waals surface area contributed by atoms with Crippen LogP contribution in [-0.2, 0) is 0 Å². The molecule has 196 valence electrons. The van der Waals surface area contributed by atoms with Gasteiger partial charge < -0.3 is 14.2 Å². The van der Waals surface area contributed by atoms with Crippen LogP contribution in [0.15, 0.2) is 61.2 Å². The summed E-state index contributed by atoms with van der Waals surface area (Å²) in [6, 6.07) is 14.3. The first-order chi connectivity index (χ1) is 17.7. The summed E-state index contributed by atoms with van der Waals surface area (Å²) in [7, 11) is 0. The Bertz CT molecular complexity index is 879. The Morgan fingerprint density at radius 2 is 1.31 bits per heavy atom. The van der Waals surface area contributed by atoms with Crippen molar-refractivity contribution in [1.82, 2.24) is 0 Å². The van der Waals surface area contributed by atoms with Crippen LogP contribution in [0.25, 0.3) is 0 Å². The monoisotopic (exact) mass is 492 g/mol. The zero-order valence-electron chi connectivity index (χ0n) is 22.1. The second-order valence-corrected chi connectivity index (χ2v) is 10.0. The highest BCUT2D eigenvalue weighted by Gasteiger charge is 2.20. The minimum Gasteiger partial charge on any atom is -0.494 e. The highest BCUT2D eigenvalue weighted by Crippen LogP contribution is 2.34. The number of esters is 1. The second kappa shape index (κ2) is 16.1. The summed E-state index contributed by atoms with van der Waals surface area (Å²) in [5, 5.41) is 0. The van der Waals surface area contributed by atoms with Gasteiger partial charge in [0, 0.05) is 0 Å². The molecule has 4 nitrogen and oxygen atoms in total. The molecule has 0 saturated heterocycles. The first-order valence-corrected chi connectivity index (χ1v) is 14.0. The van der Waals surface area contributed by atoms with Gasteiger partial charge in [0.1, 0.15) is 17.2 Å². The Morgan fingerprint density at radius 3 is 1.89 bits per heavy atom. The number of carbonyl (C=O) groups excluding carboxylic acids is 1.